The summed E-state index contributed by atoms with van der Waals surface area (Å²) in [7, 11) is 0. The Morgan fingerprint density at radius 3 is 2.80 bits per heavy atom. The van der Waals surface area contributed by atoms with Gasteiger partial charge in [-0.25, -0.2) is 5.43 Å². The van der Waals surface area contributed by atoms with Gasteiger partial charge in [-0.3, -0.25) is 9.78 Å². The fourth-order valence-electron chi connectivity index (χ4n) is 1.39. The van der Waals surface area contributed by atoms with Gasteiger partial charge in [-0.05, 0) is 40.2 Å². The van der Waals surface area contributed by atoms with E-state index >= 15 is 0 Å². The van der Waals surface area contributed by atoms with Gasteiger partial charge in [0.2, 0.25) is 0 Å². The van der Waals surface area contributed by atoms with E-state index in [4.69, 9.17) is 0 Å². The molecule has 0 saturated carbocycles. The van der Waals surface area contributed by atoms with Crippen molar-refractivity contribution in [3.05, 3.63) is 56.7 Å². The van der Waals surface area contributed by atoms with Crippen LogP contribution in [0.1, 0.15) is 15.9 Å². The van der Waals surface area contributed by atoms with E-state index in [1.54, 1.807) is 24.4 Å². The Morgan fingerprint density at radius 1 is 1.25 bits per heavy atom. The standard InChI is InChI=1S/C13H9Br2N3O2/c14-10-1-2-12(19)8(3-10)6-17-18-13(20)9-4-11(15)7-16-5-9/h1-7,19H,(H,18,20)/b17-6+. The van der Waals surface area contributed by atoms with Crippen molar-refractivity contribution in [3.8, 4) is 5.75 Å². The van der Waals surface area contributed by atoms with E-state index in [2.05, 4.69) is 47.4 Å². The maximum atomic E-state index is 11.8. The SMILES string of the molecule is O=C(N/N=C/c1cc(Br)ccc1O)c1cncc(Br)c1. The molecule has 0 atom stereocenters. The first-order valence-corrected chi connectivity index (χ1v) is 7.07. The summed E-state index contributed by atoms with van der Waals surface area (Å²) in [6, 6.07) is 6.56. The second-order valence-corrected chi connectivity index (χ2v) is 5.63. The summed E-state index contributed by atoms with van der Waals surface area (Å²) in [5.74, 6) is -0.306. The minimum Gasteiger partial charge on any atom is -0.507 e. The highest BCUT2D eigenvalue weighted by Gasteiger charge is 2.05. The lowest BCUT2D eigenvalue weighted by molar-refractivity contribution is 0.0954. The Labute approximate surface area is 132 Å². The zero-order valence-corrected chi connectivity index (χ0v) is 13.2. The minimum atomic E-state index is -0.385. The van der Waals surface area contributed by atoms with Crippen LogP contribution < -0.4 is 5.43 Å². The molecule has 2 aromatic rings. The molecular weight excluding hydrogens is 390 g/mol. The zero-order chi connectivity index (χ0) is 14.5. The molecule has 20 heavy (non-hydrogen) atoms. The molecule has 0 unspecified atom stereocenters. The van der Waals surface area contributed by atoms with Gasteiger partial charge < -0.3 is 5.11 Å². The number of nitrogens with zero attached hydrogens (tertiary/aromatic N) is 2. The second-order valence-electron chi connectivity index (χ2n) is 3.79. The number of aromatic hydroxyl groups is 1. The van der Waals surface area contributed by atoms with E-state index in [0.29, 0.717) is 15.6 Å². The highest BCUT2D eigenvalue weighted by molar-refractivity contribution is 9.10. The molecular formula is C13H9Br2N3O2. The number of halogens is 2. The molecule has 1 aromatic heterocycles. The average Bonchev–Trinajstić information content (AvgIpc) is 2.42. The third-order valence-corrected chi connectivity index (χ3v) is 3.25. The summed E-state index contributed by atoms with van der Waals surface area (Å²) >= 11 is 6.52. The van der Waals surface area contributed by atoms with Crippen LogP contribution in [0.4, 0.5) is 0 Å². The third kappa shape index (κ3) is 3.88. The van der Waals surface area contributed by atoms with Crippen molar-refractivity contribution in [2.24, 2.45) is 5.10 Å². The van der Waals surface area contributed by atoms with E-state index in [1.807, 2.05) is 0 Å². The van der Waals surface area contributed by atoms with Gasteiger partial charge in [-0.2, -0.15) is 5.10 Å². The number of aromatic nitrogens is 1. The lowest BCUT2D eigenvalue weighted by Gasteiger charge is -2.01. The van der Waals surface area contributed by atoms with Crippen molar-refractivity contribution in [1.82, 2.24) is 10.4 Å². The van der Waals surface area contributed by atoms with Gasteiger partial charge in [0.1, 0.15) is 5.75 Å². The van der Waals surface area contributed by atoms with Gasteiger partial charge in [0.25, 0.3) is 5.91 Å². The van der Waals surface area contributed by atoms with Crippen LogP contribution in [-0.4, -0.2) is 22.2 Å². The number of phenolic OH excluding ortho intramolecular Hbond substituents is 1. The van der Waals surface area contributed by atoms with Crippen molar-refractivity contribution in [2.75, 3.05) is 0 Å². The van der Waals surface area contributed by atoms with Gasteiger partial charge in [0.15, 0.2) is 0 Å². The number of nitrogens with one attached hydrogen (secondary N) is 1. The molecule has 2 rings (SSSR count). The van der Waals surface area contributed by atoms with Crippen LogP contribution in [-0.2, 0) is 0 Å². The third-order valence-electron chi connectivity index (χ3n) is 2.33. The van der Waals surface area contributed by atoms with Crippen molar-refractivity contribution >= 4 is 44.0 Å². The van der Waals surface area contributed by atoms with Gasteiger partial charge in [-0.15, -0.1) is 0 Å². The second kappa shape index (κ2) is 6.62. The van der Waals surface area contributed by atoms with Crippen molar-refractivity contribution in [1.29, 1.82) is 0 Å². The molecule has 1 amide bonds. The quantitative estimate of drug-likeness (QED) is 0.616. The largest absolute Gasteiger partial charge is 0.507 e. The van der Waals surface area contributed by atoms with Gasteiger partial charge in [0, 0.05) is 26.9 Å². The van der Waals surface area contributed by atoms with E-state index in [0.717, 1.165) is 4.47 Å². The number of hydrazone groups is 1. The summed E-state index contributed by atoms with van der Waals surface area (Å²) in [5, 5.41) is 13.4. The summed E-state index contributed by atoms with van der Waals surface area (Å²) in [4.78, 5) is 15.7. The van der Waals surface area contributed by atoms with Gasteiger partial charge in [0.05, 0.1) is 11.8 Å². The van der Waals surface area contributed by atoms with Crippen molar-refractivity contribution in [3.63, 3.8) is 0 Å². The van der Waals surface area contributed by atoms with Crippen molar-refractivity contribution < 1.29 is 9.90 Å². The maximum absolute atomic E-state index is 11.8. The average molecular weight is 399 g/mol. The first-order chi connectivity index (χ1) is 9.56. The summed E-state index contributed by atoms with van der Waals surface area (Å²) in [6.07, 6.45) is 4.38. The Kier molecular flexibility index (Phi) is 4.86. The number of pyridine rings is 1. The monoisotopic (exact) mass is 397 g/mol. The smallest absolute Gasteiger partial charge is 0.272 e. The summed E-state index contributed by atoms with van der Waals surface area (Å²) in [5.41, 5.74) is 3.24. The molecule has 0 aliphatic heterocycles. The van der Waals surface area contributed by atoms with Crippen LogP contribution in [0.25, 0.3) is 0 Å². The maximum Gasteiger partial charge on any atom is 0.272 e. The van der Waals surface area contributed by atoms with Crippen LogP contribution in [0.3, 0.4) is 0 Å². The Bertz CT molecular complexity index is 674. The fraction of sp³-hybridized carbons (Fsp3) is 0. The number of amides is 1. The number of hydrogen-bond donors (Lipinski definition) is 2. The molecule has 1 heterocycles. The molecule has 7 heteroatoms. The van der Waals surface area contributed by atoms with Crippen LogP contribution in [0, 0.1) is 0 Å². The van der Waals surface area contributed by atoms with E-state index < -0.39 is 0 Å². The minimum absolute atomic E-state index is 0.0790. The molecule has 0 aliphatic carbocycles. The summed E-state index contributed by atoms with van der Waals surface area (Å²) in [6.45, 7) is 0. The zero-order valence-electron chi connectivity index (χ0n) is 10.0. The van der Waals surface area contributed by atoms with Crippen LogP contribution in [0.5, 0.6) is 5.75 Å². The topological polar surface area (TPSA) is 74.6 Å². The van der Waals surface area contributed by atoms with Crippen LogP contribution in [0.2, 0.25) is 0 Å². The van der Waals surface area contributed by atoms with Gasteiger partial charge >= 0.3 is 0 Å². The molecule has 0 radical (unpaired) electrons. The number of hydrogen-bond acceptors (Lipinski definition) is 4. The molecule has 0 fully saturated rings. The fourth-order valence-corrected chi connectivity index (χ4v) is 2.13. The predicted octanol–water partition coefficient (Wildman–Crippen LogP) is 3.08. The number of carbonyl (C=O) groups excluding carboxylic acids is 1. The lowest BCUT2D eigenvalue weighted by atomic mass is 10.2. The number of benzene rings is 1. The molecule has 2 N–H and O–H groups in total. The molecule has 102 valence electrons. The molecule has 0 saturated heterocycles. The molecule has 0 aliphatic rings. The highest BCUT2D eigenvalue weighted by Crippen LogP contribution is 2.19. The molecule has 0 bridgehead atoms. The van der Waals surface area contributed by atoms with E-state index in [-0.39, 0.29) is 11.7 Å². The first kappa shape index (κ1) is 14.7. The van der Waals surface area contributed by atoms with E-state index in [1.165, 1.54) is 18.5 Å². The van der Waals surface area contributed by atoms with E-state index in [9.17, 15) is 9.90 Å². The molecule has 1 aromatic carbocycles. The first-order valence-electron chi connectivity index (χ1n) is 5.49. The van der Waals surface area contributed by atoms with Crippen LogP contribution >= 0.6 is 31.9 Å². The summed E-state index contributed by atoms with van der Waals surface area (Å²) < 4.78 is 1.51. The number of carbonyl (C=O) groups is 1. The normalized spacial score (nSPS) is 10.7. The molecule has 5 nitrogen and oxygen atoms in total. The molecule has 0 spiro atoms. The van der Waals surface area contributed by atoms with Gasteiger partial charge in [-0.1, -0.05) is 15.9 Å². The predicted molar refractivity (Wildman–Crippen MR) is 82.8 cm³/mol. The highest BCUT2D eigenvalue weighted by atomic mass is 79.9. The Balaban J connectivity index is 2.06. The van der Waals surface area contributed by atoms with Crippen LogP contribution in [0.15, 0.2) is 50.7 Å². The Morgan fingerprint density at radius 2 is 2.05 bits per heavy atom. The number of phenols is 1. The Hall–Kier alpha value is -1.73. The number of rotatable bonds is 3. The lowest BCUT2D eigenvalue weighted by Crippen LogP contribution is -2.17. The van der Waals surface area contributed by atoms with Crippen molar-refractivity contribution in [2.45, 2.75) is 0 Å².